The summed E-state index contributed by atoms with van der Waals surface area (Å²) in [6.07, 6.45) is 11.7. The third kappa shape index (κ3) is 5.35. The zero-order valence-electron chi connectivity index (χ0n) is 16.7. The average Bonchev–Trinajstić information content (AvgIpc) is 2.70. The summed E-state index contributed by atoms with van der Waals surface area (Å²) in [4.78, 5) is 21.3. The van der Waals surface area contributed by atoms with E-state index >= 15 is 0 Å². The van der Waals surface area contributed by atoms with E-state index in [1.807, 2.05) is 4.90 Å². The molecule has 1 unspecified atom stereocenters. The number of amides is 1. The van der Waals surface area contributed by atoms with E-state index in [4.69, 9.17) is 11.6 Å². The Bertz CT molecular complexity index is 625. The van der Waals surface area contributed by atoms with Gasteiger partial charge in [0.1, 0.15) is 5.82 Å². The van der Waals surface area contributed by atoms with E-state index in [0.717, 1.165) is 38.4 Å². The molecule has 1 aromatic rings. The number of anilines is 1. The van der Waals surface area contributed by atoms with Gasteiger partial charge in [0.15, 0.2) is 0 Å². The molecule has 2 aliphatic rings. The van der Waals surface area contributed by atoms with Gasteiger partial charge in [0.2, 0.25) is 0 Å². The van der Waals surface area contributed by atoms with Gasteiger partial charge in [0.05, 0.1) is 10.6 Å². The molecule has 1 aliphatic carbocycles. The quantitative estimate of drug-likeness (QED) is 0.784. The second kappa shape index (κ2) is 9.74. The smallest absolute Gasteiger partial charge is 0.255 e. The van der Waals surface area contributed by atoms with Gasteiger partial charge in [-0.15, -0.1) is 0 Å². The van der Waals surface area contributed by atoms with Crippen LogP contribution in [0.4, 0.5) is 5.82 Å². The number of hydrogen-bond acceptors (Lipinski definition) is 4. The number of pyridine rings is 1. The molecule has 0 aromatic carbocycles. The molecule has 0 spiro atoms. The molecule has 27 heavy (non-hydrogen) atoms. The Balaban J connectivity index is 1.62. The normalized spacial score (nSPS) is 19.9. The van der Waals surface area contributed by atoms with Crippen LogP contribution >= 0.6 is 11.6 Å². The molecule has 1 saturated heterocycles. The highest BCUT2D eigenvalue weighted by atomic mass is 35.5. The van der Waals surface area contributed by atoms with Gasteiger partial charge in [-0.3, -0.25) is 4.79 Å². The largest absolute Gasteiger partial charge is 0.367 e. The Kier molecular flexibility index (Phi) is 7.36. The van der Waals surface area contributed by atoms with Crippen LogP contribution in [-0.4, -0.2) is 60.5 Å². The fourth-order valence-electron chi connectivity index (χ4n) is 4.46. The van der Waals surface area contributed by atoms with Gasteiger partial charge in [-0.2, -0.15) is 0 Å². The second-order valence-corrected chi connectivity index (χ2v) is 8.62. The van der Waals surface area contributed by atoms with E-state index in [0.29, 0.717) is 22.4 Å². The van der Waals surface area contributed by atoms with Crippen LogP contribution in [0.1, 0.15) is 61.7 Å². The number of piperidine rings is 1. The van der Waals surface area contributed by atoms with E-state index in [-0.39, 0.29) is 5.91 Å². The number of nitrogens with zero attached hydrogens (tertiary/aromatic N) is 3. The molecule has 150 valence electrons. The lowest BCUT2D eigenvalue weighted by Crippen LogP contribution is -2.41. The maximum Gasteiger partial charge on any atom is 0.255 e. The van der Waals surface area contributed by atoms with Gasteiger partial charge in [0.25, 0.3) is 5.91 Å². The van der Waals surface area contributed by atoms with Crippen molar-refractivity contribution in [1.29, 1.82) is 0 Å². The molecule has 3 rings (SSSR count). The fraction of sp³-hybridized carbons (Fsp3) is 0.714. The second-order valence-electron chi connectivity index (χ2n) is 8.22. The topological polar surface area (TPSA) is 48.5 Å². The molecule has 2 heterocycles. The maximum absolute atomic E-state index is 12.6. The van der Waals surface area contributed by atoms with Crippen molar-refractivity contribution in [2.24, 2.45) is 5.92 Å². The summed E-state index contributed by atoms with van der Waals surface area (Å²) in [5, 5.41) is 3.95. The number of likely N-dealkylation sites (tertiary alicyclic amines) is 1. The molecule has 5 nitrogen and oxygen atoms in total. The molecule has 0 radical (unpaired) electrons. The Hall–Kier alpha value is -1.33. The SMILES string of the molecule is CN(C)C(CNc1ncc(C(=O)N2CCCCC2)cc1Cl)C1CCCCC1. The van der Waals surface area contributed by atoms with Crippen LogP contribution in [0.5, 0.6) is 0 Å². The zero-order valence-corrected chi connectivity index (χ0v) is 17.5. The summed E-state index contributed by atoms with van der Waals surface area (Å²) in [6, 6.07) is 2.23. The summed E-state index contributed by atoms with van der Waals surface area (Å²) >= 11 is 6.45. The minimum absolute atomic E-state index is 0.0454. The molecule has 6 heteroatoms. The number of carbonyl (C=O) groups excluding carboxylic acids is 1. The number of aromatic nitrogens is 1. The highest BCUT2D eigenvalue weighted by Gasteiger charge is 2.25. The Morgan fingerprint density at radius 3 is 2.52 bits per heavy atom. The zero-order chi connectivity index (χ0) is 19.2. The van der Waals surface area contributed by atoms with Crippen LogP contribution in [0.2, 0.25) is 5.02 Å². The van der Waals surface area contributed by atoms with Crippen molar-refractivity contribution in [3.8, 4) is 0 Å². The third-order valence-electron chi connectivity index (χ3n) is 6.07. The number of rotatable bonds is 6. The standard InChI is InChI=1S/C21H33ClN4O/c1-25(2)19(16-9-5-3-6-10-16)15-24-20-18(22)13-17(14-23-20)21(27)26-11-7-4-8-12-26/h13-14,16,19H,3-12,15H2,1-2H3,(H,23,24). The van der Waals surface area contributed by atoms with Crippen molar-refractivity contribution in [3.63, 3.8) is 0 Å². The highest BCUT2D eigenvalue weighted by molar-refractivity contribution is 6.33. The summed E-state index contributed by atoms with van der Waals surface area (Å²) in [6.45, 7) is 2.49. The lowest BCUT2D eigenvalue weighted by atomic mass is 9.83. The predicted octanol–water partition coefficient (Wildman–Crippen LogP) is 4.28. The number of likely N-dealkylation sites (N-methyl/N-ethyl adjacent to an activating group) is 1. The first-order valence-electron chi connectivity index (χ1n) is 10.4. The molecule has 1 N–H and O–H groups in total. The van der Waals surface area contributed by atoms with Gasteiger partial charge < -0.3 is 15.1 Å². The van der Waals surface area contributed by atoms with Gasteiger partial charge in [0, 0.05) is 31.9 Å². The number of carbonyl (C=O) groups is 1. The summed E-state index contributed by atoms with van der Waals surface area (Å²) in [7, 11) is 4.30. The van der Waals surface area contributed by atoms with Crippen LogP contribution in [0.25, 0.3) is 0 Å². The monoisotopic (exact) mass is 392 g/mol. The van der Waals surface area contributed by atoms with Crippen molar-refractivity contribution >= 4 is 23.3 Å². The van der Waals surface area contributed by atoms with Gasteiger partial charge in [-0.25, -0.2) is 4.98 Å². The summed E-state index contributed by atoms with van der Waals surface area (Å²) < 4.78 is 0. The van der Waals surface area contributed by atoms with Crippen LogP contribution in [0, 0.1) is 5.92 Å². The molecule has 1 aliphatic heterocycles. The van der Waals surface area contributed by atoms with E-state index in [9.17, 15) is 4.79 Å². The van der Waals surface area contributed by atoms with Crippen molar-refractivity contribution in [2.45, 2.75) is 57.4 Å². The minimum atomic E-state index is 0.0454. The van der Waals surface area contributed by atoms with Crippen LogP contribution in [-0.2, 0) is 0 Å². The number of hydrogen-bond donors (Lipinski definition) is 1. The maximum atomic E-state index is 12.6. The molecule has 1 atom stereocenters. The lowest BCUT2D eigenvalue weighted by Gasteiger charge is -2.35. The first-order valence-corrected chi connectivity index (χ1v) is 10.8. The fourth-order valence-corrected chi connectivity index (χ4v) is 4.69. The van der Waals surface area contributed by atoms with Gasteiger partial charge >= 0.3 is 0 Å². The Labute approximate surface area is 168 Å². The summed E-state index contributed by atoms with van der Waals surface area (Å²) in [5.41, 5.74) is 0.587. The van der Waals surface area contributed by atoms with Crippen LogP contribution in [0.15, 0.2) is 12.3 Å². The van der Waals surface area contributed by atoms with Crippen molar-refractivity contribution in [1.82, 2.24) is 14.8 Å². The van der Waals surface area contributed by atoms with Crippen LogP contribution < -0.4 is 5.32 Å². The Morgan fingerprint density at radius 2 is 1.89 bits per heavy atom. The summed E-state index contributed by atoms with van der Waals surface area (Å²) in [5.74, 6) is 1.44. The Morgan fingerprint density at radius 1 is 1.22 bits per heavy atom. The van der Waals surface area contributed by atoms with E-state index in [1.54, 1.807) is 12.3 Å². The lowest BCUT2D eigenvalue weighted by molar-refractivity contribution is 0.0724. The highest BCUT2D eigenvalue weighted by Crippen LogP contribution is 2.29. The molecule has 1 aromatic heterocycles. The predicted molar refractivity (Wildman–Crippen MR) is 112 cm³/mol. The number of halogens is 1. The number of nitrogens with one attached hydrogen (secondary N) is 1. The molecule has 1 amide bonds. The van der Waals surface area contributed by atoms with Crippen molar-refractivity contribution in [3.05, 3.63) is 22.8 Å². The minimum Gasteiger partial charge on any atom is -0.367 e. The van der Waals surface area contributed by atoms with Crippen molar-refractivity contribution in [2.75, 3.05) is 39.0 Å². The van der Waals surface area contributed by atoms with Crippen molar-refractivity contribution < 1.29 is 4.79 Å². The van der Waals surface area contributed by atoms with Gasteiger partial charge in [-0.05, 0) is 58.2 Å². The molecule has 2 fully saturated rings. The van der Waals surface area contributed by atoms with Gasteiger partial charge in [-0.1, -0.05) is 30.9 Å². The first-order chi connectivity index (χ1) is 13.1. The first kappa shape index (κ1) is 20.4. The molecule has 1 saturated carbocycles. The van der Waals surface area contributed by atoms with E-state index in [1.165, 1.54) is 38.5 Å². The van der Waals surface area contributed by atoms with E-state index in [2.05, 4.69) is 29.3 Å². The third-order valence-corrected chi connectivity index (χ3v) is 6.36. The molecular formula is C21H33ClN4O. The van der Waals surface area contributed by atoms with E-state index < -0.39 is 0 Å². The molecule has 0 bridgehead atoms. The average molecular weight is 393 g/mol. The van der Waals surface area contributed by atoms with Crippen LogP contribution in [0.3, 0.4) is 0 Å². The molecular weight excluding hydrogens is 360 g/mol.